The molecule has 2 aliphatic rings. The number of aliphatic hydroxyl groups is 2. The van der Waals surface area contributed by atoms with E-state index in [0.29, 0.717) is 7.11 Å². The van der Waals surface area contributed by atoms with Crippen molar-refractivity contribution in [3.05, 3.63) is 11.9 Å². The highest BCUT2D eigenvalue weighted by atomic mass is 31.3. The first-order valence-electron chi connectivity index (χ1n) is 13.4. The van der Waals surface area contributed by atoms with E-state index in [1.54, 1.807) is 0 Å². The van der Waals surface area contributed by atoms with Crippen LogP contribution in [0.25, 0.3) is 0 Å². The van der Waals surface area contributed by atoms with Gasteiger partial charge in [-0.25, -0.2) is 17.9 Å². The van der Waals surface area contributed by atoms with Gasteiger partial charge in [-0.15, -0.1) is 5.10 Å². The van der Waals surface area contributed by atoms with E-state index in [-0.39, 0.29) is 5.69 Å². The number of ether oxygens (including phenoxy) is 3. The smallest absolute Gasteiger partial charge is 0.474 e. The summed E-state index contributed by atoms with van der Waals surface area (Å²) in [5.74, 6) is 0. The molecule has 286 valence electrons. The van der Waals surface area contributed by atoms with Gasteiger partial charge in [0.2, 0.25) is 0 Å². The summed E-state index contributed by atoms with van der Waals surface area (Å²) >= 11 is 0. The molecule has 0 aliphatic carbocycles. The van der Waals surface area contributed by atoms with Crippen molar-refractivity contribution >= 4 is 39.1 Å². The lowest BCUT2D eigenvalue weighted by atomic mass is 10.1. The third kappa shape index (κ3) is 13.2. The molecule has 2 aliphatic heterocycles. The van der Waals surface area contributed by atoms with Crippen LogP contribution in [0.4, 0.5) is 0 Å². The Morgan fingerprint density at radius 3 is 1.88 bits per heavy atom. The Bertz CT molecular complexity index is 1500. The molecule has 3 rings (SSSR count). The van der Waals surface area contributed by atoms with E-state index in [1.165, 1.54) is 20.0 Å². The number of aromatic nitrogens is 3. The molecule has 31 heteroatoms. The Kier molecular flexibility index (Phi) is 15.0. The van der Waals surface area contributed by atoms with Crippen molar-refractivity contribution < 1.29 is 107 Å². The van der Waals surface area contributed by atoms with Crippen LogP contribution in [-0.2, 0) is 86.1 Å². The molecule has 3 N–H and O–H groups in total. The van der Waals surface area contributed by atoms with Crippen LogP contribution in [0.3, 0.4) is 0 Å². The standard InChI is InChI=1S/C18H36N3O23P5/c1-10-15(22)17(13(40-10)7-38-48(30,31)44-49(32,33)43-46(26,27)35-4)36-6-12-5-21(20-19-12)9-39-47(28,29)42-18-14(41-11(2)16(18)23)8-37-45(24,25)34-3/h5,10-11,13-18,22-23H,6-9H2,1-4H3,(H,24,25)(H,26,27)(H,28,29)(H,30,31)(H,32,33)/p-4/t10-,11-,13+,14+,15+,16?,17?,18-/m0/s1. The van der Waals surface area contributed by atoms with Crippen molar-refractivity contribution in [2.24, 2.45) is 0 Å². The Hall–Kier alpha value is -0.430. The SMILES string of the molecule is COP(=O)([O-])OC[C@H]1O[C@@H](C)C(O)[C@H]1OP(=O)(O)OCn1cc(COC2[C@@H](COP(=O)([O-])OP(=O)([O-])OP(=O)([O-])OC)O[C@@H](C)[C@H]2O)nn1. The summed E-state index contributed by atoms with van der Waals surface area (Å²) in [6.45, 7) is -0.0912. The first-order chi connectivity index (χ1) is 22.5. The molecule has 0 radical (unpaired) electrons. The number of hydrogen-bond acceptors (Lipinski definition) is 24. The van der Waals surface area contributed by atoms with Gasteiger partial charge < -0.3 is 67.0 Å². The quantitative estimate of drug-likeness (QED) is 0.112. The number of phosphoric ester groups is 4. The highest BCUT2D eigenvalue weighted by Gasteiger charge is 2.47. The van der Waals surface area contributed by atoms with Crippen LogP contribution in [-0.4, -0.2) is 106 Å². The van der Waals surface area contributed by atoms with Gasteiger partial charge >= 0.3 is 7.82 Å². The number of phosphoric acid groups is 5. The number of aliphatic hydroxyl groups excluding tert-OH is 2. The first-order valence-corrected chi connectivity index (χ1v) is 20.7. The van der Waals surface area contributed by atoms with Crippen LogP contribution in [0.5, 0.6) is 0 Å². The molecule has 49 heavy (non-hydrogen) atoms. The number of rotatable bonds is 20. The average Bonchev–Trinajstić information content (AvgIpc) is 3.63. The minimum Gasteiger partial charge on any atom is -0.756 e. The lowest BCUT2D eigenvalue weighted by Crippen LogP contribution is -2.37. The molecule has 13 atom stereocenters. The van der Waals surface area contributed by atoms with Crippen LogP contribution >= 0.6 is 39.1 Å². The summed E-state index contributed by atoms with van der Waals surface area (Å²) in [6.07, 6.45) is -9.13. The Morgan fingerprint density at radius 1 is 0.796 bits per heavy atom. The maximum Gasteiger partial charge on any atom is 0.474 e. The van der Waals surface area contributed by atoms with Crippen LogP contribution in [0.1, 0.15) is 19.5 Å². The van der Waals surface area contributed by atoms with E-state index < -0.39 is 114 Å². The zero-order chi connectivity index (χ0) is 37.0. The number of hydrogen-bond donors (Lipinski definition) is 3. The van der Waals surface area contributed by atoms with Crippen molar-refractivity contribution in [3.8, 4) is 0 Å². The van der Waals surface area contributed by atoms with Gasteiger partial charge in [-0.05, 0) is 13.8 Å². The Morgan fingerprint density at radius 2 is 1.31 bits per heavy atom. The molecule has 0 spiro atoms. The topological polar surface area (TPSA) is 371 Å². The van der Waals surface area contributed by atoms with Crippen molar-refractivity contribution in [2.45, 2.75) is 76.0 Å². The second-order valence-electron chi connectivity index (χ2n) is 9.97. The minimum atomic E-state index is -6.03. The minimum absolute atomic E-state index is 0.0389. The Labute approximate surface area is 277 Å². The van der Waals surface area contributed by atoms with Gasteiger partial charge in [-0.3, -0.25) is 27.3 Å². The zero-order valence-corrected chi connectivity index (χ0v) is 30.1. The molecule has 26 nitrogen and oxygen atoms in total. The highest BCUT2D eigenvalue weighted by molar-refractivity contribution is 7.65. The largest absolute Gasteiger partial charge is 0.756 e. The van der Waals surface area contributed by atoms with E-state index in [2.05, 4.69) is 37.0 Å². The van der Waals surface area contributed by atoms with Crippen LogP contribution in [0, 0.1) is 0 Å². The molecular weight excluding hydrogens is 781 g/mol. The summed E-state index contributed by atoms with van der Waals surface area (Å²) in [5, 5.41) is 28.1. The molecule has 3 heterocycles. The summed E-state index contributed by atoms with van der Waals surface area (Å²) < 4.78 is 110. The van der Waals surface area contributed by atoms with Gasteiger partial charge in [0.1, 0.15) is 42.3 Å². The van der Waals surface area contributed by atoms with Gasteiger partial charge in [0.25, 0.3) is 31.3 Å². The van der Waals surface area contributed by atoms with Crippen molar-refractivity contribution in [1.29, 1.82) is 0 Å². The van der Waals surface area contributed by atoms with E-state index in [1.807, 2.05) is 0 Å². The predicted octanol–water partition coefficient (Wildman–Crippen LogP) is -2.85. The molecule has 0 aromatic carbocycles. The fourth-order valence-corrected chi connectivity index (χ4v) is 8.57. The monoisotopic (exact) mass is 813 g/mol. The summed E-state index contributed by atoms with van der Waals surface area (Å²) in [5.41, 5.74) is 0.0389. The lowest BCUT2D eigenvalue weighted by Gasteiger charge is -2.34. The average molecular weight is 813 g/mol. The maximum atomic E-state index is 12.6. The Balaban J connectivity index is 1.53. The fourth-order valence-electron chi connectivity index (χ4n) is 4.11. The molecule has 0 amide bonds. The van der Waals surface area contributed by atoms with Gasteiger partial charge in [0.15, 0.2) is 6.73 Å². The molecule has 2 fully saturated rings. The molecule has 1 aromatic rings. The lowest BCUT2D eigenvalue weighted by molar-refractivity contribution is -0.251. The van der Waals surface area contributed by atoms with Gasteiger partial charge in [-0.2, -0.15) is 0 Å². The third-order valence-corrected chi connectivity index (χ3v) is 12.4. The maximum absolute atomic E-state index is 12.6. The van der Waals surface area contributed by atoms with E-state index in [9.17, 15) is 57.5 Å². The molecule has 0 bridgehead atoms. The second-order valence-corrected chi connectivity index (χ2v) is 17.5. The van der Waals surface area contributed by atoms with Crippen molar-refractivity contribution in [2.75, 3.05) is 27.4 Å². The summed E-state index contributed by atoms with van der Waals surface area (Å²) in [6, 6.07) is 0. The molecular formula is C18H32N3O23P5-4. The predicted molar refractivity (Wildman–Crippen MR) is 144 cm³/mol. The molecule has 2 saturated heterocycles. The van der Waals surface area contributed by atoms with Crippen molar-refractivity contribution in [3.63, 3.8) is 0 Å². The van der Waals surface area contributed by atoms with Gasteiger partial charge in [0, 0.05) is 14.2 Å². The molecule has 0 saturated carbocycles. The van der Waals surface area contributed by atoms with Crippen LogP contribution in [0.15, 0.2) is 6.20 Å². The molecule has 1 aromatic heterocycles. The van der Waals surface area contributed by atoms with Gasteiger partial charge in [0.05, 0.1) is 38.2 Å². The van der Waals surface area contributed by atoms with Gasteiger partial charge in [-0.1, -0.05) is 5.21 Å². The fraction of sp³-hybridized carbons (Fsp3) is 0.889. The van der Waals surface area contributed by atoms with Crippen molar-refractivity contribution in [1.82, 2.24) is 15.0 Å². The zero-order valence-electron chi connectivity index (χ0n) is 25.6. The third-order valence-electron chi connectivity index (χ3n) is 6.41. The van der Waals surface area contributed by atoms with E-state index in [4.69, 9.17) is 23.3 Å². The second kappa shape index (κ2) is 17.1. The first kappa shape index (κ1) is 43.0. The van der Waals surface area contributed by atoms with E-state index in [0.717, 1.165) is 11.8 Å². The summed E-state index contributed by atoms with van der Waals surface area (Å²) in [7, 11) is -25.6. The normalized spacial score (nSPS) is 33.7. The van der Waals surface area contributed by atoms with Crippen LogP contribution < -0.4 is 19.6 Å². The van der Waals surface area contributed by atoms with E-state index >= 15 is 0 Å². The highest BCUT2D eigenvalue weighted by Crippen LogP contribution is 2.62. The number of nitrogens with zero attached hydrogens (tertiary/aromatic N) is 3. The molecule has 7 unspecified atom stereocenters. The summed E-state index contributed by atoms with van der Waals surface area (Å²) in [4.78, 5) is 56.4. The van der Waals surface area contributed by atoms with Crippen LogP contribution in [0.2, 0.25) is 0 Å².